The maximum atomic E-state index is 12.3. The van der Waals surface area contributed by atoms with Crippen LogP contribution < -0.4 is 29.8 Å². The van der Waals surface area contributed by atoms with Crippen molar-refractivity contribution in [2.75, 3.05) is 51.0 Å². The largest absolute Gasteiger partial charge is 0.382 e. The highest BCUT2D eigenvalue weighted by molar-refractivity contribution is 6.31. The number of hydrogen-bond donors (Lipinski definition) is 2. The average Bonchev–Trinajstić information content (AvgIpc) is 2.87. The number of amides is 1. The summed E-state index contributed by atoms with van der Waals surface area (Å²) in [5.41, 5.74) is 4.96. The van der Waals surface area contributed by atoms with Crippen LogP contribution in [0.5, 0.6) is 0 Å². The molecule has 2 aromatic carbocycles. The molecule has 1 amide bonds. The van der Waals surface area contributed by atoms with Gasteiger partial charge in [0, 0.05) is 71.9 Å². The molecule has 0 aliphatic rings. The summed E-state index contributed by atoms with van der Waals surface area (Å²) in [6.07, 6.45) is 3.73. The topological polar surface area (TPSA) is 70.6 Å². The normalized spacial score (nSPS) is 10.9. The Morgan fingerprint density at radius 1 is 0.861 bits per heavy atom. The van der Waals surface area contributed by atoms with Gasteiger partial charge in [0.1, 0.15) is 14.2 Å². The number of aryl methyl sites for hydroxylation is 1. The molecule has 36 heavy (non-hydrogen) atoms. The Hall–Kier alpha value is -3.78. The summed E-state index contributed by atoms with van der Waals surface area (Å²) in [5.74, 6) is 0.0336. The Morgan fingerprint density at radius 3 is 1.92 bits per heavy atom. The molecule has 2 heterocycles. The number of rotatable bonds is 10. The lowest BCUT2D eigenvalue weighted by atomic mass is 10.1. The van der Waals surface area contributed by atoms with Crippen LogP contribution >= 0.6 is 11.6 Å². The number of benzene rings is 2. The van der Waals surface area contributed by atoms with Gasteiger partial charge in [0.05, 0.1) is 22.1 Å². The highest BCUT2D eigenvalue weighted by atomic mass is 35.5. The number of carbonyl (C=O) groups is 1. The van der Waals surface area contributed by atoms with Crippen molar-refractivity contribution >= 4 is 50.7 Å². The van der Waals surface area contributed by atoms with Gasteiger partial charge < -0.3 is 15.5 Å². The third-order valence-electron chi connectivity index (χ3n) is 6.15. The molecular weight excluding hydrogens is 478 g/mol. The molecule has 2 aromatic heterocycles. The maximum Gasteiger partial charge on any atom is 0.268 e. The molecule has 0 aliphatic carbocycles. The zero-order valence-corrected chi connectivity index (χ0v) is 21.8. The van der Waals surface area contributed by atoms with Crippen molar-refractivity contribution in [3.8, 4) is 0 Å². The number of hydrogen-bond acceptors (Lipinski definition) is 5. The van der Waals surface area contributed by atoms with E-state index in [1.807, 2.05) is 47.6 Å². The van der Waals surface area contributed by atoms with Crippen LogP contribution in [-0.2, 0) is 4.79 Å². The fourth-order valence-electron chi connectivity index (χ4n) is 4.30. The summed E-state index contributed by atoms with van der Waals surface area (Å²) in [5, 5.41) is 9.62. The van der Waals surface area contributed by atoms with Crippen molar-refractivity contribution in [1.29, 1.82) is 0 Å². The van der Waals surface area contributed by atoms with Crippen LogP contribution in [0.2, 0.25) is 5.02 Å². The van der Waals surface area contributed by atoms with Gasteiger partial charge in [-0.25, -0.2) is 0 Å². The predicted octanol–water partition coefficient (Wildman–Crippen LogP) is 3.02. The van der Waals surface area contributed by atoms with Crippen LogP contribution in [0.1, 0.15) is 12.5 Å². The van der Waals surface area contributed by atoms with Crippen LogP contribution in [-0.4, -0.2) is 51.2 Å². The minimum Gasteiger partial charge on any atom is -0.382 e. The minimum absolute atomic E-state index is 0.0336. The standard InChI is InChI=1S/C27H30ClN5O3/c1-19-5-7-22-24(9-13-32(35-3)26(22)17-19)29-11-15-31(20(2)34)16-12-30-25-10-14-33(36-4)27-18-21(28)6-8-23(25)27/h5-10,13-14,17-18H,11-12,15-16H2,1-4H3/p+2. The summed E-state index contributed by atoms with van der Waals surface area (Å²) >= 11 is 6.18. The van der Waals surface area contributed by atoms with Crippen LogP contribution in [0.15, 0.2) is 60.9 Å². The lowest BCUT2D eigenvalue weighted by Crippen LogP contribution is -2.41. The second-order valence-electron chi connectivity index (χ2n) is 8.52. The number of halogens is 1. The Kier molecular flexibility index (Phi) is 7.95. The quantitative estimate of drug-likeness (QED) is 0.322. The number of nitrogens with zero attached hydrogens (tertiary/aromatic N) is 3. The second-order valence-corrected chi connectivity index (χ2v) is 8.95. The Labute approximate surface area is 215 Å². The first-order chi connectivity index (χ1) is 17.4. The molecule has 0 atom stereocenters. The number of pyridine rings is 2. The summed E-state index contributed by atoms with van der Waals surface area (Å²) in [6.45, 7) is 6.04. The molecule has 0 aliphatic heterocycles. The molecule has 4 aromatic rings. The second kappa shape index (κ2) is 11.3. The smallest absolute Gasteiger partial charge is 0.268 e. The number of anilines is 2. The summed E-state index contributed by atoms with van der Waals surface area (Å²) in [4.78, 5) is 25.0. The van der Waals surface area contributed by atoms with Crippen LogP contribution in [0, 0.1) is 6.92 Å². The molecule has 188 valence electrons. The van der Waals surface area contributed by atoms with E-state index in [0.29, 0.717) is 31.2 Å². The summed E-state index contributed by atoms with van der Waals surface area (Å²) < 4.78 is 3.42. The number of fused-ring (bicyclic) bond motifs is 2. The average molecular weight is 510 g/mol. The van der Waals surface area contributed by atoms with E-state index in [9.17, 15) is 4.79 Å². The molecule has 0 saturated carbocycles. The van der Waals surface area contributed by atoms with E-state index in [0.717, 1.165) is 38.7 Å². The van der Waals surface area contributed by atoms with Gasteiger partial charge in [0.15, 0.2) is 0 Å². The van der Waals surface area contributed by atoms with Gasteiger partial charge in [-0.3, -0.25) is 14.5 Å². The Balaban J connectivity index is 1.39. The number of nitrogens with one attached hydrogen (secondary N) is 2. The zero-order valence-electron chi connectivity index (χ0n) is 21.0. The lowest BCUT2D eigenvalue weighted by molar-refractivity contribution is -0.865. The van der Waals surface area contributed by atoms with Crippen molar-refractivity contribution < 1.29 is 23.9 Å². The van der Waals surface area contributed by atoms with Gasteiger partial charge in [-0.05, 0) is 30.7 Å². The van der Waals surface area contributed by atoms with Gasteiger partial charge >= 0.3 is 0 Å². The molecule has 0 unspecified atom stereocenters. The first-order valence-corrected chi connectivity index (χ1v) is 12.2. The third-order valence-corrected chi connectivity index (χ3v) is 6.39. The lowest BCUT2D eigenvalue weighted by Gasteiger charge is -2.22. The van der Waals surface area contributed by atoms with Crippen molar-refractivity contribution in [2.45, 2.75) is 13.8 Å². The van der Waals surface area contributed by atoms with Crippen LogP contribution in [0.4, 0.5) is 11.4 Å². The van der Waals surface area contributed by atoms with E-state index >= 15 is 0 Å². The van der Waals surface area contributed by atoms with Gasteiger partial charge in [-0.1, -0.05) is 17.7 Å². The molecule has 0 spiro atoms. The van der Waals surface area contributed by atoms with Gasteiger partial charge in [-0.15, -0.1) is 0 Å². The SMILES string of the molecule is CO[n+]1ccc(NCCN(CCNc2cc[n+](OC)c3cc(Cl)ccc23)C(C)=O)c2ccc(C)cc21. The van der Waals surface area contributed by atoms with Crippen LogP contribution in [0.25, 0.3) is 21.8 Å². The Bertz CT molecular complexity index is 1300. The van der Waals surface area contributed by atoms with E-state index in [1.165, 1.54) is 0 Å². The molecule has 0 radical (unpaired) electrons. The van der Waals surface area contributed by atoms with Gasteiger partial charge in [-0.2, -0.15) is 0 Å². The van der Waals surface area contributed by atoms with E-state index in [2.05, 4.69) is 35.8 Å². The highest BCUT2D eigenvalue weighted by Gasteiger charge is 2.16. The molecular formula is C27H32ClN5O3+2. The van der Waals surface area contributed by atoms with Gasteiger partial charge in [0.2, 0.25) is 18.3 Å². The van der Waals surface area contributed by atoms with E-state index in [-0.39, 0.29) is 5.91 Å². The molecule has 8 nitrogen and oxygen atoms in total. The van der Waals surface area contributed by atoms with Gasteiger partial charge in [0.25, 0.3) is 11.0 Å². The summed E-state index contributed by atoms with van der Waals surface area (Å²) in [6, 6.07) is 15.9. The van der Waals surface area contributed by atoms with Crippen molar-refractivity contribution in [3.63, 3.8) is 0 Å². The van der Waals surface area contributed by atoms with Crippen LogP contribution in [0.3, 0.4) is 0 Å². The van der Waals surface area contributed by atoms with E-state index in [1.54, 1.807) is 30.6 Å². The van der Waals surface area contributed by atoms with E-state index in [4.69, 9.17) is 21.3 Å². The molecule has 2 N–H and O–H groups in total. The zero-order chi connectivity index (χ0) is 25.7. The monoisotopic (exact) mass is 509 g/mol. The molecule has 0 bridgehead atoms. The summed E-state index contributed by atoms with van der Waals surface area (Å²) in [7, 11) is 3.26. The molecule has 9 heteroatoms. The fourth-order valence-corrected chi connectivity index (χ4v) is 4.46. The first kappa shape index (κ1) is 25.3. The molecule has 0 fully saturated rings. The molecule has 0 saturated heterocycles. The third kappa shape index (κ3) is 5.54. The minimum atomic E-state index is 0.0336. The number of carbonyl (C=O) groups excluding carboxylic acids is 1. The van der Waals surface area contributed by atoms with Crippen molar-refractivity contribution in [1.82, 2.24) is 4.90 Å². The predicted molar refractivity (Wildman–Crippen MR) is 142 cm³/mol. The van der Waals surface area contributed by atoms with Crippen molar-refractivity contribution in [2.24, 2.45) is 0 Å². The maximum absolute atomic E-state index is 12.3. The number of aromatic nitrogens is 2. The fraction of sp³-hybridized carbons (Fsp3) is 0.296. The Morgan fingerprint density at radius 2 is 1.39 bits per heavy atom. The van der Waals surface area contributed by atoms with E-state index < -0.39 is 0 Å². The molecule has 4 rings (SSSR count). The first-order valence-electron chi connectivity index (χ1n) is 11.8. The highest BCUT2D eigenvalue weighted by Crippen LogP contribution is 2.24. The van der Waals surface area contributed by atoms with Crippen molar-refractivity contribution in [3.05, 3.63) is 71.5 Å².